The predicted octanol–water partition coefficient (Wildman–Crippen LogP) is -0.849. The maximum Gasteiger partial charge on any atom is 0.414 e. The van der Waals surface area contributed by atoms with E-state index in [0.717, 1.165) is 0 Å². The van der Waals surface area contributed by atoms with E-state index in [4.69, 9.17) is 19.8 Å². The van der Waals surface area contributed by atoms with Crippen molar-refractivity contribution in [3.8, 4) is 0 Å². The molecule has 0 fully saturated rings. The molecule has 0 aliphatic rings. The summed E-state index contributed by atoms with van der Waals surface area (Å²) in [6, 6.07) is 0. The average molecular weight is 193 g/mol. The van der Waals surface area contributed by atoms with Gasteiger partial charge in [-0.05, 0) is 0 Å². The molecule has 0 unspecified atom stereocenters. The van der Waals surface area contributed by atoms with Crippen LogP contribution in [0.4, 0.5) is 0 Å². The Morgan fingerprint density at radius 1 is 1.00 bits per heavy atom. The van der Waals surface area contributed by atoms with Gasteiger partial charge >= 0.3 is 11.9 Å². The molecule has 6 heteroatoms. The van der Waals surface area contributed by atoms with Crippen molar-refractivity contribution in [2.75, 3.05) is 0 Å². The van der Waals surface area contributed by atoms with E-state index in [0.29, 0.717) is 0 Å². The van der Waals surface area contributed by atoms with Crippen LogP contribution in [0.25, 0.3) is 0 Å². The third-order valence-corrected chi connectivity index (χ3v) is 0.183. The molecular weight excluding hydrogens is 191 g/mol. The van der Waals surface area contributed by atoms with Gasteiger partial charge < -0.3 is 10.2 Å². The van der Waals surface area contributed by atoms with Crippen molar-refractivity contribution in [3.63, 3.8) is 0 Å². The van der Waals surface area contributed by atoms with Crippen LogP contribution in [-0.2, 0) is 48.4 Å². The molecule has 0 saturated heterocycles. The molecule has 0 aromatic carbocycles. The molecule has 0 amide bonds. The molecule has 0 bridgehead atoms. The fraction of sp³-hybridized carbons (Fsp3) is 0. The minimum absolute atomic E-state index is 0. The van der Waals surface area contributed by atoms with Crippen LogP contribution in [-0.4, -0.2) is 22.2 Å². The van der Waals surface area contributed by atoms with Crippen molar-refractivity contribution in [2.24, 2.45) is 0 Å². The van der Waals surface area contributed by atoms with Crippen LogP contribution in [0.3, 0.4) is 0 Å². The summed E-state index contributed by atoms with van der Waals surface area (Å²) in [5.74, 6) is -3.65. The molecule has 0 aliphatic heterocycles. The van der Waals surface area contributed by atoms with Crippen LogP contribution < -0.4 is 0 Å². The summed E-state index contributed by atoms with van der Waals surface area (Å²) >= 11 is 0. The average Bonchev–Trinajstić information content (AvgIpc) is 1.36. The second kappa shape index (κ2) is 7.17. The monoisotopic (exact) mass is 193 g/mol. The first-order valence-corrected chi connectivity index (χ1v) is 1.11. The first-order valence-electron chi connectivity index (χ1n) is 1.11. The molecule has 0 saturated carbocycles. The summed E-state index contributed by atoms with van der Waals surface area (Å²) in [6.07, 6.45) is 0. The molecule has 0 rings (SSSR count). The largest absolute Gasteiger partial charge is 0.473 e. The zero-order valence-electron chi connectivity index (χ0n) is 3.59. The topological polar surface area (TPSA) is 74.6 Å². The molecule has 0 spiro atoms. The van der Waals surface area contributed by atoms with E-state index in [-0.39, 0.29) is 38.8 Å². The molecule has 2 N–H and O–H groups in total. The Morgan fingerprint density at radius 3 is 1.12 bits per heavy atom. The van der Waals surface area contributed by atoms with Crippen molar-refractivity contribution >= 4 is 11.9 Å². The molecule has 0 aliphatic carbocycles. The van der Waals surface area contributed by atoms with Gasteiger partial charge in [0.25, 0.3) is 0 Å². The van der Waals surface area contributed by atoms with E-state index in [1.165, 1.54) is 0 Å². The zero-order chi connectivity index (χ0) is 5.15. The van der Waals surface area contributed by atoms with Gasteiger partial charge in [0.2, 0.25) is 0 Å². The molecular formula is C2H2MnO4Ti. The van der Waals surface area contributed by atoms with E-state index in [2.05, 4.69) is 0 Å². The standard InChI is InChI=1S/C2H2O4.Mn.Ti/c3-1(4)2(5)6;;/h(H,3,4)(H,5,6);;. The fourth-order valence-electron chi connectivity index (χ4n) is 0. The van der Waals surface area contributed by atoms with Gasteiger partial charge in [-0.3, -0.25) is 0 Å². The van der Waals surface area contributed by atoms with Crippen molar-refractivity contribution < 1.29 is 58.6 Å². The van der Waals surface area contributed by atoms with Gasteiger partial charge in [0.15, 0.2) is 0 Å². The predicted molar refractivity (Wildman–Crippen MR) is 15.3 cm³/mol. The summed E-state index contributed by atoms with van der Waals surface area (Å²) in [6.45, 7) is 0. The van der Waals surface area contributed by atoms with Crippen LogP contribution in [0.15, 0.2) is 0 Å². The zero-order valence-corrected chi connectivity index (χ0v) is 6.33. The second-order valence-electron chi connectivity index (χ2n) is 0.610. The molecule has 4 nitrogen and oxygen atoms in total. The number of rotatable bonds is 0. The quantitative estimate of drug-likeness (QED) is 0.388. The van der Waals surface area contributed by atoms with Crippen molar-refractivity contribution in [2.45, 2.75) is 0 Å². The Morgan fingerprint density at radius 2 is 1.12 bits per heavy atom. The van der Waals surface area contributed by atoms with E-state index in [9.17, 15) is 0 Å². The Kier molecular flexibility index (Phi) is 14.1. The maximum absolute atomic E-state index is 9.10. The summed E-state index contributed by atoms with van der Waals surface area (Å²) in [7, 11) is 0. The second-order valence-corrected chi connectivity index (χ2v) is 0.610. The Labute approximate surface area is 70.6 Å². The summed E-state index contributed by atoms with van der Waals surface area (Å²) in [4.78, 5) is 18.2. The van der Waals surface area contributed by atoms with Gasteiger partial charge in [-0.25, -0.2) is 9.59 Å². The molecule has 8 heavy (non-hydrogen) atoms. The SMILES string of the molecule is O=C(O)C(=O)O.[Mn].[Ti]. The first-order chi connectivity index (χ1) is 2.64. The Hall–Kier alpha value is 0.174. The van der Waals surface area contributed by atoms with Crippen LogP contribution in [0.1, 0.15) is 0 Å². The van der Waals surface area contributed by atoms with Gasteiger partial charge in [-0.2, -0.15) is 0 Å². The maximum atomic E-state index is 9.10. The van der Waals surface area contributed by atoms with Crippen LogP contribution in [0.5, 0.6) is 0 Å². The molecule has 0 atom stereocenters. The summed E-state index contributed by atoms with van der Waals surface area (Å²) in [5.41, 5.74) is 0. The minimum atomic E-state index is -1.82. The number of carboxylic acids is 2. The summed E-state index contributed by atoms with van der Waals surface area (Å²) in [5, 5.41) is 14.8. The minimum Gasteiger partial charge on any atom is -0.473 e. The number of carbonyl (C=O) groups is 2. The van der Waals surface area contributed by atoms with E-state index >= 15 is 0 Å². The van der Waals surface area contributed by atoms with Crippen LogP contribution in [0.2, 0.25) is 0 Å². The number of aliphatic carboxylic acids is 2. The third kappa shape index (κ3) is 9.49. The van der Waals surface area contributed by atoms with Gasteiger partial charge in [-0.15, -0.1) is 0 Å². The number of carboxylic acid groups (broad SMARTS) is 2. The van der Waals surface area contributed by atoms with Gasteiger partial charge in [0, 0.05) is 38.8 Å². The molecule has 0 heterocycles. The molecule has 0 aromatic heterocycles. The van der Waals surface area contributed by atoms with E-state index < -0.39 is 11.9 Å². The molecule has 0 aromatic rings. The van der Waals surface area contributed by atoms with E-state index in [1.807, 2.05) is 0 Å². The van der Waals surface area contributed by atoms with Crippen molar-refractivity contribution in [1.29, 1.82) is 0 Å². The van der Waals surface area contributed by atoms with Gasteiger partial charge in [0.1, 0.15) is 0 Å². The fourth-order valence-corrected chi connectivity index (χ4v) is 0. The van der Waals surface area contributed by atoms with E-state index in [1.54, 1.807) is 0 Å². The molecule has 45 valence electrons. The van der Waals surface area contributed by atoms with Gasteiger partial charge in [-0.1, -0.05) is 0 Å². The Balaban J connectivity index is -0.000000125. The van der Waals surface area contributed by atoms with Crippen molar-refractivity contribution in [1.82, 2.24) is 0 Å². The summed E-state index contributed by atoms with van der Waals surface area (Å²) < 4.78 is 0. The van der Waals surface area contributed by atoms with Crippen LogP contribution in [0, 0.1) is 0 Å². The van der Waals surface area contributed by atoms with Gasteiger partial charge in [0.05, 0.1) is 0 Å². The Bertz CT molecular complexity index is 80.0. The normalized spacial score (nSPS) is 5.50. The smallest absolute Gasteiger partial charge is 0.414 e. The number of hydrogen-bond donors (Lipinski definition) is 2. The third-order valence-electron chi connectivity index (χ3n) is 0.183. The first kappa shape index (κ1) is 15.7. The molecule has 1 radical (unpaired) electrons. The number of hydrogen-bond acceptors (Lipinski definition) is 2. The van der Waals surface area contributed by atoms with Crippen LogP contribution >= 0.6 is 0 Å². The van der Waals surface area contributed by atoms with Crippen molar-refractivity contribution in [3.05, 3.63) is 0 Å².